The molecule has 0 saturated carbocycles. The number of primary amides is 1. The van der Waals surface area contributed by atoms with Crippen LogP contribution in [0.1, 0.15) is 32.6 Å². The highest BCUT2D eigenvalue weighted by Crippen LogP contribution is 2.09. The van der Waals surface area contributed by atoms with E-state index in [9.17, 15) is 9.59 Å². The van der Waals surface area contributed by atoms with Gasteiger partial charge in [-0.3, -0.25) is 4.79 Å². The van der Waals surface area contributed by atoms with Crippen molar-refractivity contribution in [3.63, 3.8) is 0 Å². The van der Waals surface area contributed by atoms with Crippen molar-refractivity contribution in [1.29, 1.82) is 0 Å². The van der Waals surface area contributed by atoms with E-state index in [0.717, 1.165) is 25.5 Å². The van der Waals surface area contributed by atoms with Gasteiger partial charge in [0.1, 0.15) is 6.29 Å². The van der Waals surface area contributed by atoms with Crippen molar-refractivity contribution in [1.82, 2.24) is 0 Å². The molecule has 0 aromatic carbocycles. The first-order chi connectivity index (χ1) is 5.20. The summed E-state index contributed by atoms with van der Waals surface area (Å²) in [5, 5.41) is 0. The molecule has 0 rings (SSSR count). The quantitative estimate of drug-likeness (QED) is 0.581. The molecule has 3 nitrogen and oxygen atoms in total. The van der Waals surface area contributed by atoms with Crippen molar-refractivity contribution in [3.05, 3.63) is 0 Å². The summed E-state index contributed by atoms with van der Waals surface area (Å²) in [6.07, 6.45) is 3.83. The summed E-state index contributed by atoms with van der Waals surface area (Å²) < 4.78 is 0. The summed E-state index contributed by atoms with van der Waals surface area (Å²) in [5.41, 5.74) is 4.94. The van der Waals surface area contributed by atoms with E-state index >= 15 is 0 Å². The second kappa shape index (κ2) is 5.89. The highest BCUT2D eigenvalue weighted by molar-refractivity contribution is 5.77. The number of nitrogens with two attached hydrogens (primary N) is 1. The molecule has 64 valence electrons. The van der Waals surface area contributed by atoms with Gasteiger partial charge in [-0.2, -0.15) is 0 Å². The van der Waals surface area contributed by atoms with E-state index in [1.54, 1.807) is 0 Å². The molecule has 0 saturated heterocycles. The Labute approximate surface area is 67.0 Å². The SMILES string of the molecule is CCCCC(C=O)CC(N)=O. The van der Waals surface area contributed by atoms with Crippen LogP contribution in [-0.4, -0.2) is 12.2 Å². The van der Waals surface area contributed by atoms with Crippen molar-refractivity contribution >= 4 is 12.2 Å². The second-order valence-electron chi connectivity index (χ2n) is 2.71. The summed E-state index contributed by atoms with van der Waals surface area (Å²) in [6, 6.07) is 0. The van der Waals surface area contributed by atoms with Crippen LogP contribution in [0.4, 0.5) is 0 Å². The molecule has 0 spiro atoms. The fourth-order valence-electron chi connectivity index (χ4n) is 0.943. The van der Waals surface area contributed by atoms with Crippen LogP contribution in [0.25, 0.3) is 0 Å². The number of hydrogen-bond donors (Lipinski definition) is 1. The van der Waals surface area contributed by atoms with Crippen molar-refractivity contribution in [2.24, 2.45) is 11.7 Å². The van der Waals surface area contributed by atoms with Crippen molar-refractivity contribution in [2.75, 3.05) is 0 Å². The monoisotopic (exact) mass is 157 g/mol. The lowest BCUT2D eigenvalue weighted by atomic mass is 10.0. The third-order valence-electron chi connectivity index (χ3n) is 1.58. The average molecular weight is 157 g/mol. The Kier molecular flexibility index (Phi) is 5.43. The number of hydrogen-bond acceptors (Lipinski definition) is 2. The van der Waals surface area contributed by atoms with Crippen LogP contribution in [0, 0.1) is 5.92 Å². The van der Waals surface area contributed by atoms with E-state index in [1.165, 1.54) is 0 Å². The van der Waals surface area contributed by atoms with Crippen molar-refractivity contribution in [3.8, 4) is 0 Å². The van der Waals surface area contributed by atoms with E-state index in [2.05, 4.69) is 0 Å². The van der Waals surface area contributed by atoms with Gasteiger partial charge in [-0.05, 0) is 6.42 Å². The number of carbonyl (C=O) groups is 2. The number of aldehydes is 1. The molecule has 1 unspecified atom stereocenters. The second-order valence-corrected chi connectivity index (χ2v) is 2.71. The maximum Gasteiger partial charge on any atom is 0.218 e. The van der Waals surface area contributed by atoms with E-state index < -0.39 is 5.91 Å². The van der Waals surface area contributed by atoms with Crippen molar-refractivity contribution in [2.45, 2.75) is 32.6 Å². The minimum atomic E-state index is -0.391. The van der Waals surface area contributed by atoms with E-state index in [1.807, 2.05) is 6.92 Å². The molecule has 0 aliphatic heterocycles. The molecular weight excluding hydrogens is 142 g/mol. The zero-order valence-corrected chi connectivity index (χ0v) is 6.88. The Morgan fingerprint density at radius 1 is 1.64 bits per heavy atom. The maximum atomic E-state index is 10.4. The molecule has 0 heterocycles. The lowest BCUT2D eigenvalue weighted by Gasteiger charge is -2.05. The molecule has 3 heteroatoms. The maximum absolute atomic E-state index is 10.4. The van der Waals surface area contributed by atoms with E-state index in [0.29, 0.717) is 0 Å². The lowest BCUT2D eigenvalue weighted by Crippen LogP contribution is -2.17. The molecule has 0 bridgehead atoms. The number of rotatable bonds is 6. The van der Waals surface area contributed by atoms with Gasteiger partial charge in [0.2, 0.25) is 5.91 Å². The molecule has 0 aromatic heterocycles. The summed E-state index contributed by atoms with van der Waals surface area (Å²) in [4.78, 5) is 20.7. The van der Waals surface area contributed by atoms with Gasteiger partial charge in [-0.1, -0.05) is 19.8 Å². The third-order valence-corrected chi connectivity index (χ3v) is 1.58. The lowest BCUT2D eigenvalue weighted by molar-refractivity contribution is -0.122. The van der Waals surface area contributed by atoms with Gasteiger partial charge in [0.05, 0.1) is 0 Å². The molecule has 2 N–H and O–H groups in total. The highest BCUT2D eigenvalue weighted by atomic mass is 16.1. The predicted octanol–water partition coefficient (Wildman–Crippen LogP) is 0.867. The Hall–Kier alpha value is -0.860. The van der Waals surface area contributed by atoms with Gasteiger partial charge in [0.15, 0.2) is 0 Å². The van der Waals surface area contributed by atoms with Gasteiger partial charge in [0, 0.05) is 12.3 Å². The standard InChI is InChI=1S/C8H15NO2/c1-2-3-4-7(6-10)5-8(9)11/h6-7H,2-5H2,1H3,(H2,9,11). The Morgan fingerprint density at radius 2 is 2.27 bits per heavy atom. The Bertz CT molecular complexity index is 134. The molecular formula is C8H15NO2. The van der Waals surface area contributed by atoms with Crippen LogP contribution in [0.15, 0.2) is 0 Å². The Balaban J connectivity index is 3.57. The van der Waals surface area contributed by atoms with Gasteiger partial charge in [-0.15, -0.1) is 0 Å². The minimum absolute atomic E-state index is 0.160. The average Bonchev–Trinajstić information content (AvgIpc) is 1.97. The summed E-state index contributed by atoms with van der Waals surface area (Å²) in [5.74, 6) is -0.550. The molecule has 1 atom stereocenters. The summed E-state index contributed by atoms with van der Waals surface area (Å²) in [6.45, 7) is 2.05. The number of amides is 1. The predicted molar refractivity (Wildman–Crippen MR) is 42.9 cm³/mol. The molecule has 1 amide bonds. The number of carbonyl (C=O) groups excluding carboxylic acids is 2. The first-order valence-corrected chi connectivity index (χ1v) is 3.94. The van der Waals surface area contributed by atoms with Crippen molar-refractivity contribution < 1.29 is 9.59 Å². The fourth-order valence-corrected chi connectivity index (χ4v) is 0.943. The van der Waals surface area contributed by atoms with Gasteiger partial charge in [-0.25, -0.2) is 0 Å². The van der Waals surface area contributed by atoms with Crippen LogP contribution in [0.5, 0.6) is 0 Å². The van der Waals surface area contributed by atoms with Gasteiger partial charge in [0.25, 0.3) is 0 Å². The molecule has 0 aliphatic rings. The topological polar surface area (TPSA) is 60.2 Å². The number of unbranched alkanes of at least 4 members (excludes halogenated alkanes) is 1. The summed E-state index contributed by atoms with van der Waals surface area (Å²) >= 11 is 0. The van der Waals surface area contributed by atoms with E-state index in [-0.39, 0.29) is 12.3 Å². The minimum Gasteiger partial charge on any atom is -0.370 e. The molecule has 0 aliphatic carbocycles. The van der Waals surface area contributed by atoms with Crippen LogP contribution in [0.2, 0.25) is 0 Å². The van der Waals surface area contributed by atoms with Crippen LogP contribution >= 0.6 is 0 Å². The van der Waals surface area contributed by atoms with Gasteiger partial charge < -0.3 is 10.5 Å². The van der Waals surface area contributed by atoms with E-state index in [4.69, 9.17) is 5.73 Å². The highest BCUT2D eigenvalue weighted by Gasteiger charge is 2.09. The van der Waals surface area contributed by atoms with Crippen LogP contribution in [0.3, 0.4) is 0 Å². The fraction of sp³-hybridized carbons (Fsp3) is 0.750. The van der Waals surface area contributed by atoms with Crippen LogP contribution < -0.4 is 5.73 Å². The molecule has 0 aromatic rings. The smallest absolute Gasteiger partial charge is 0.218 e. The molecule has 11 heavy (non-hydrogen) atoms. The largest absolute Gasteiger partial charge is 0.370 e. The normalized spacial score (nSPS) is 12.5. The first kappa shape index (κ1) is 10.1. The zero-order chi connectivity index (χ0) is 8.69. The van der Waals surface area contributed by atoms with Gasteiger partial charge >= 0.3 is 0 Å². The van der Waals surface area contributed by atoms with Crippen LogP contribution in [-0.2, 0) is 9.59 Å². The molecule has 0 radical (unpaired) electrons. The molecule has 0 fully saturated rings. The third kappa shape index (κ3) is 5.58. The summed E-state index contributed by atoms with van der Waals surface area (Å²) in [7, 11) is 0. The Morgan fingerprint density at radius 3 is 2.64 bits per heavy atom. The zero-order valence-electron chi connectivity index (χ0n) is 6.88. The first-order valence-electron chi connectivity index (χ1n) is 3.94.